The van der Waals surface area contributed by atoms with Gasteiger partial charge in [-0.1, -0.05) is 12.1 Å². The lowest BCUT2D eigenvalue weighted by Crippen LogP contribution is -2.36. The summed E-state index contributed by atoms with van der Waals surface area (Å²) in [5.41, 5.74) is 2.72. The highest BCUT2D eigenvalue weighted by molar-refractivity contribution is 14.0. The summed E-state index contributed by atoms with van der Waals surface area (Å²) in [5, 5.41) is 10.5. The van der Waals surface area contributed by atoms with Crippen LogP contribution in [-0.2, 0) is 13.1 Å². The van der Waals surface area contributed by atoms with Gasteiger partial charge in [-0.2, -0.15) is 0 Å². The van der Waals surface area contributed by atoms with Crippen molar-refractivity contribution in [3.63, 3.8) is 0 Å². The fourth-order valence-corrected chi connectivity index (χ4v) is 3.36. The Morgan fingerprint density at radius 2 is 1.89 bits per heavy atom. The molecule has 0 spiro atoms. The number of rotatable bonds is 7. The van der Waals surface area contributed by atoms with Gasteiger partial charge in [-0.25, -0.2) is 9.98 Å². The Morgan fingerprint density at radius 1 is 1.15 bits per heavy atom. The second-order valence-corrected chi connectivity index (χ2v) is 7.14. The van der Waals surface area contributed by atoms with E-state index >= 15 is 0 Å². The second-order valence-electron chi connectivity index (χ2n) is 5.85. The maximum atomic E-state index is 12.0. The Hall–Kier alpha value is -1.68. The van der Waals surface area contributed by atoms with Crippen LogP contribution in [0.5, 0.6) is 0 Å². The Kier molecular flexibility index (Phi) is 10.3. The van der Waals surface area contributed by atoms with Gasteiger partial charge in [0, 0.05) is 23.5 Å². The molecule has 1 aromatic carbocycles. The van der Waals surface area contributed by atoms with Crippen LogP contribution in [0.1, 0.15) is 45.3 Å². The minimum atomic E-state index is -0.0561. The summed E-state index contributed by atoms with van der Waals surface area (Å²) in [5.74, 6) is 0.695. The number of carbonyl (C=O) groups excluding carboxylic acids is 1. The number of carbonyl (C=O) groups is 1. The van der Waals surface area contributed by atoms with Gasteiger partial charge in [-0.05, 0) is 45.4 Å². The standard InChI is InChI=1S/C19H27N5OS.HI/c1-5-20-18(25)16-9-7-8-15(10-16)11-22-19(21-6-2)23-12-17-13(3)24-14(4)26-17;/h7-10H,5-6,11-12H2,1-4H3,(H,20,25)(H2,21,22,23);1H. The van der Waals surface area contributed by atoms with E-state index in [0.717, 1.165) is 28.8 Å². The Bertz CT molecular complexity index is 775. The first-order chi connectivity index (χ1) is 12.5. The average molecular weight is 501 g/mol. The number of aromatic nitrogens is 1. The number of nitrogens with one attached hydrogen (secondary N) is 3. The van der Waals surface area contributed by atoms with Crippen molar-refractivity contribution in [1.82, 2.24) is 20.9 Å². The van der Waals surface area contributed by atoms with E-state index < -0.39 is 0 Å². The van der Waals surface area contributed by atoms with E-state index in [4.69, 9.17) is 0 Å². The van der Waals surface area contributed by atoms with E-state index in [-0.39, 0.29) is 29.9 Å². The van der Waals surface area contributed by atoms with Crippen LogP contribution < -0.4 is 16.0 Å². The van der Waals surface area contributed by atoms with Crippen molar-refractivity contribution in [2.75, 3.05) is 13.1 Å². The first-order valence-electron chi connectivity index (χ1n) is 8.85. The van der Waals surface area contributed by atoms with E-state index in [2.05, 4.69) is 25.9 Å². The van der Waals surface area contributed by atoms with Gasteiger partial charge in [0.15, 0.2) is 5.96 Å². The lowest BCUT2D eigenvalue weighted by Gasteiger charge is -2.11. The number of hydrogen-bond acceptors (Lipinski definition) is 4. The van der Waals surface area contributed by atoms with Gasteiger partial charge >= 0.3 is 0 Å². The van der Waals surface area contributed by atoms with Crippen LogP contribution >= 0.6 is 35.3 Å². The van der Waals surface area contributed by atoms with E-state index in [1.165, 1.54) is 4.88 Å². The van der Waals surface area contributed by atoms with Gasteiger partial charge in [0.1, 0.15) is 0 Å². The molecule has 0 atom stereocenters. The van der Waals surface area contributed by atoms with Crippen LogP contribution in [0.4, 0.5) is 0 Å². The molecule has 2 rings (SSSR count). The molecule has 0 aliphatic rings. The molecule has 1 heterocycles. The predicted molar refractivity (Wildman–Crippen MR) is 123 cm³/mol. The normalized spacial score (nSPS) is 10.9. The maximum Gasteiger partial charge on any atom is 0.251 e. The molecule has 0 fully saturated rings. The number of halogens is 1. The van der Waals surface area contributed by atoms with Gasteiger partial charge < -0.3 is 16.0 Å². The molecule has 0 aliphatic heterocycles. The number of amides is 1. The molecule has 8 heteroatoms. The Morgan fingerprint density at radius 3 is 2.52 bits per heavy atom. The second kappa shape index (κ2) is 11.9. The summed E-state index contributed by atoms with van der Waals surface area (Å²) in [4.78, 5) is 22.2. The number of aliphatic imine (C=N–C) groups is 1. The average Bonchev–Trinajstić information content (AvgIpc) is 2.95. The van der Waals surface area contributed by atoms with E-state index in [0.29, 0.717) is 25.2 Å². The van der Waals surface area contributed by atoms with Crippen molar-refractivity contribution >= 4 is 47.2 Å². The monoisotopic (exact) mass is 501 g/mol. The molecule has 6 nitrogen and oxygen atoms in total. The van der Waals surface area contributed by atoms with Gasteiger partial charge in [0.05, 0.1) is 23.8 Å². The van der Waals surface area contributed by atoms with Crippen molar-refractivity contribution in [3.05, 3.63) is 51.0 Å². The minimum absolute atomic E-state index is 0. The van der Waals surface area contributed by atoms with Crippen LogP contribution in [0.2, 0.25) is 0 Å². The zero-order chi connectivity index (χ0) is 18.9. The fourth-order valence-electron chi connectivity index (χ4n) is 2.49. The predicted octanol–water partition coefficient (Wildman–Crippen LogP) is 3.38. The molecule has 0 aliphatic carbocycles. The van der Waals surface area contributed by atoms with Crippen LogP contribution in [0.15, 0.2) is 29.3 Å². The molecular formula is C19H28IN5OS. The summed E-state index contributed by atoms with van der Waals surface area (Å²) in [6, 6.07) is 7.57. The van der Waals surface area contributed by atoms with E-state index in [1.54, 1.807) is 11.3 Å². The van der Waals surface area contributed by atoms with Crippen LogP contribution in [0.25, 0.3) is 0 Å². The Labute approximate surface area is 182 Å². The Balaban J connectivity index is 0.00000364. The van der Waals surface area contributed by atoms with Crippen molar-refractivity contribution in [1.29, 1.82) is 0 Å². The summed E-state index contributed by atoms with van der Waals surface area (Å²) >= 11 is 1.70. The summed E-state index contributed by atoms with van der Waals surface area (Å²) in [6.07, 6.45) is 0. The number of benzene rings is 1. The molecule has 1 amide bonds. The molecule has 0 radical (unpaired) electrons. The third-order valence-corrected chi connectivity index (χ3v) is 4.78. The topological polar surface area (TPSA) is 78.4 Å². The molecule has 148 valence electrons. The molecule has 1 aromatic heterocycles. The highest BCUT2D eigenvalue weighted by Crippen LogP contribution is 2.16. The molecule has 0 saturated heterocycles. The van der Waals surface area contributed by atoms with E-state index in [9.17, 15) is 4.79 Å². The third-order valence-electron chi connectivity index (χ3n) is 3.71. The minimum Gasteiger partial charge on any atom is -0.357 e. The quantitative estimate of drug-likeness (QED) is 0.309. The van der Waals surface area contributed by atoms with E-state index in [1.807, 2.05) is 52.0 Å². The number of aryl methyl sites for hydroxylation is 2. The van der Waals surface area contributed by atoms with Gasteiger partial charge in [-0.15, -0.1) is 35.3 Å². The smallest absolute Gasteiger partial charge is 0.251 e. The van der Waals surface area contributed by atoms with Crippen LogP contribution in [-0.4, -0.2) is 29.9 Å². The van der Waals surface area contributed by atoms with Gasteiger partial charge in [0.2, 0.25) is 0 Å². The number of guanidine groups is 1. The molecule has 0 unspecified atom stereocenters. The summed E-state index contributed by atoms with van der Waals surface area (Å²) in [6.45, 7) is 10.6. The highest BCUT2D eigenvalue weighted by atomic mass is 127. The van der Waals surface area contributed by atoms with Crippen molar-refractivity contribution in [3.8, 4) is 0 Å². The molecule has 0 bridgehead atoms. The first kappa shape index (κ1) is 23.4. The summed E-state index contributed by atoms with van der Waals surface area (Å²) in [7, 11) is 0. The molecular weight excluding hydrogens is 473 g/mol. The molecule has 3 N–H and O–H groups in total. The SMILES string of the molecule is CCNC(=O)c1cccc(CN=C(NCC)NCc2sc(C)nc2C)c1.I. The lowest BCUT2D eigenvalue weighted by atomic mass is 10.1. The highest BCUT2D eigenvalue weighted by Gasteiger charge is 2.07. The zero-order valence-electron chi connectivity index (χ0n) is 16.3. The number of hydrogen-bond donors (Lipinski definition) is 3. The summed E-state index contributed by atoms with van der Waals surface area (Å²) < 4.78 is 0. The molecule has 2 aromatic rings. The third kappa shape index (κ3) is 7.45. The maximum absolute atomic E-state index is 12.0. The number of thiazole rings is 1. The largest absolute Gasteiger partial charge is 0.357 e. The molecule has 27 heavy (non-hydrogen) atoms. The van der Waals surface area contributed by atoms with Crippen LogP contribution in [0, 0.1) is 13.8 Å². The fraction of sp³-hybridized carbons (Fsp3) is 0.421. The molecule has 0 saturated carbocycles. The first-order valence-corrected chi connectivity index (χ1v) is 9.67. The van der Waals surface area contributed by atoms with Gasteiger partial charge in [-0.3, -0.25) is 4.79 Å². The van der Waals surface area contributed by atoms with Gasteiger partial charge in [0.25, 0.3) is 5.91 Å². The van der Waals surface area contributed by atoms with Crippen molar-refractivity contribution in [2.45, 2.75) is 40.8 Å². The van der Waals surface area contributed by atoms with Crippen molar-refractivity contribution < 1.29 is 4.79 Å². The number of nitrogens with zero attached hydrogens (tertiary/aromatic N) is 2. The van der Waals surface area contributed by atoms with Crippen molar-refractivity contribution in [2.24, 2.45) is 4.99 Å². The zero-order valence-corrected chi connectivity index (χ0v) is 19.4. The lowest BCUT2D eigenvalue weighted by molar-refractivity contribution is 0.0955. The van der Waals surface area contributed by atoms with Crippen LogP contribution in [0.3, 0.4) is 0 Å².